The summed E-state index contributed by atoms with van der Waals surface area (Å²) >= 11 is 0. The molecule has 1 atom stereocenters. The van der Waals surface area contributed by atoms with Gasteiger partial charge in [-0.1, -0.05) is 31.2 Å². The van der Waals surface area contributed by atoms with Crippen LogP contribution in [0.5, 0.6) is 0 Å². The summed E-state index contributed by atoms with van der Waals surface area (Å²) in [5, 5.41) is 3.34. The van der Waals surface area contributed by atoms with E-state index in [0.29, 0.717) is 5.92 Å². The Morgan fingerprint density at radius 3 is 2.56 bits per heavy atom. The summed E-state index contributed by atoms with van der Waals surface area (Å²) in [6.07, 6.45) is 2.14. The van der Waals surface area contributed by atoms with Crippen molar-refractivity contribution in [2.75, 3.05) is 11.9 Å². The van der Waals surface area contributed by atoms with E-state index in [1.165, 1.54) is 5.56 Å². The summed E-state index contributed by atoms with van der Waals surface area (Å²) in [4.78, 5) is 0. The number of anilines is 1. The second-order valence-electron chi connectivity index (χ2n) is 4.35. The average Bonchev–Trinajstić information content (AvgIpc) is 2.29. The zero-order valence-corrected chi connectivity index (χ0v) is 10.3. The van der Waals surface area contributed by atoms with Crippen LogP contribution in [-0.2, 0) is 0 Å². The summed E-state index contributed by atoms with van der Waals surface area (Å²) in [6, 6.07) is 8.35. The van der Waals surface area contributed by atoms with Crippen molar-refractivity contribution in [1.82, 2.24) is 0 Å². The molecular weight excluding hydrogens is 196 g/mol. The van der Waals surface area contributed by atoms with Crippen molar-refractivity contribution in [3.05, 3.63) is 42.1 Å². The quantitative estimate of drug-likeness (QED) is 0.769. The van der Waals surface area contributed by atoms with Gasteiger partial charge in [0.2, 0.25) is 0 Å². The Morgan fingerprint density at radius 1 is 1.38 bits per heavy atom. The number of nitrogens with one attached hydrogen (secondary N) is 1. The molecule has 0 aliphatic rings. The highest BCUT2D eigenvalue weighted by molar-refractivity contribution is 5.48. The molecule has 1 aromatic rings. The first-order chi connectivity index (χ1) is 7.63. The van der Waals surface area contributed by atoms with Crippen molar-refractivity contribution >= 4 is 5.69 Å². The Bertz CT molecular complexity index is 327. The molecule has 2 nitrogen and oxygen atoms in total. The van der Waals surface area contributed by atoms with Crippen molar-refractivity contribution in [2.45, 2.75) is 26.7 Å². The molecule has 0 saturated heterocycles. The van der Waals surface area contributed by atoms with Gasteiger partial charge in [0.05, 0.1) is 0 Å². The third-order valence-electron chi connectivity index (χ3n) is 2.79. The van der Waals surface area contributed by atoms with Crippen LogP contribution in [0.1, 0.15) is 25.3 Å². The zero-order valence-electron chi connectivity index (χ0n) is 10.3. The van der Waals surface area contributed by atoms with Crippen LogP contribution in [0.15, 0.2) is 36.5 Å². The Kier molecular flexibility index (Phi) is 5.06. The Morgan fingerprint density at radius 2 is 2.00 bits per heavy atom. The minimum atomic E-state index is 0.463. The fraction of sp³-hybridized carbons (Fsp3) is 0.429. The van der Waals surface area contributed by atoms with Crippen LogP contribution >= 0.6 is 0 Å². The van der Waals surface area contributed by atoms with Crippen molar-refractivity contribution < 1.29 is 0 Å². The highest BCUT2D eigenvalue weighted by atomic mass is 14.9. The fourth-order valence-electron chi connectivity index (χ4n) is 1.54. The van der Waals surface area contributed by atoms with Gasteiger partial charge in [0.1, 0.15) is 0 Å². The number of hydrogen-bond donors (Lipinski definition) is 2. The zero-order chi connectivity index (χ0) is 12.0. The molecule has 0 amide bonds. The van der Waals surface area contributed by atoms with Gasteiger partial charge < -0.3 is 11.1 Å². The van der Waals surface area contributed by atoms with Gasteiger partial charge in [-0.25, -0.2) is 0 Å². The molecule has 0 fully saturated rings. The molecule has 1 rings (SSSR count). The summed E-state index contributed by atoms with van der Waals surface area (Å²) in [6.45, 7) is 9.09. The van der Waals surface area contributed by atoms with Gasteiger partial charge in [0.15, 0.2) is 0 Å². The van der Waals surface area contributed by atoms with E-state index in [9.17, 15) is 0 Å². The van der Waals surface area contributed by atoms with Crippen LogP contribution in [0.3, 0.4) is 0 Å². The second kappa shape index (κ2) is 6.33. The number of allylic oxidation sites excluding steroid dienone is 1. The molecular formula is C14H22N2. The molecule has 0 aliphatic carbocycles. The van der Waals surface area contributed by atoms with Gasteiger partial charge in [0, 0.05) is 11.4 Å². The van der Waals surface area contributed by atoms with Gasteiger partial charge >= 0.3 is 0 Å². The Balaban J connectivity index is 2.47. The second-order valence-corrected chi connectivity index (χ2v) is 4.35. The Hall–Kier alpha value is -1.28. The number of rotatable bonds is 6. The molecule has 0 radical (unpaired) electrons. The molecule has 1 aromatic carbocycles. The molecule has 3 N–H and O–H groups in total. The van der Waals surface area contributed by atoms with E-state index in [2.05, 4.69) is 50.0 Å². The van der Waals surface area contributed by atoms with Crippen molar-refractivity contribution in [1.29, 1.82) is 0 Å². The number of benzene rings is 1. The van der Waals surface area contributed by atoms with Gasteiger partial charge in [-0.2, -0.15) is 0 Å². The third kappa shape index (κ3) is 4.07. The molecule has 0 unspecified atom stereocenters. The molecule has 0 bridgehead atoms. The average molecular weight is 218 g/mol. The van der Waals surface area contributed by atoms with Crippen LogP contribution in [0.2, 0.25) is 0 Å². The minimum absolute atomic E-state index is 0.463. The number of aryl methyl sites for hydroxylation is 1. The molecule has 16 heavy (non-hydrogen) atoms. The lowest BCUT2D eigenvalue weighted by Gasteiger charge is -2.16. The molecule has 0 saturated carbocycles. The summed E-state index contributed by atoms with van der Waals surface area (Å²) in [5.74, 6) is 0.463. The highest BCUT2D eigenvalue weighted by Gasteiger charge is 2.05. The monoisotopic (exact) mass is 218 g/mol. The number of nitrogens with two attached hydrogens (primary N) is 1. The van der Waals surface area contributed by atoms with Crippen LogP contribution in [0, 0.1) is 12.8 Å². The summed E-state index contributed by atoms with van der Waals surface area (Å²) in [5.41, 5.74) is 8.94. The maximum absolute atomic E-state index is 5.50. The first-order valence-corrected chi connectivity index (χ1v) is 5.86. The lowest BCUT2D eigenvalue weighted by atomic mass is 10.0. The molecule has 0 aromatic heterocycles. The molecule has 2 heteroatoms. The van der Waals surface area contributed by atoms with E-state index in [1.54, 1.807) is 0 Å². The largest absolute Gasteiger partial charge is 0.359 e. The molecule has 0 heterocycles. The van der Waals surface area contributed by atoms with Crippen LogP contribution in [0.4, 0.5) is 5.69 Å². The predicted octanol–water partition coefficient (Wildman–Crippen LogP) is 3.30. The van der Waals surface area contributed by atoms with E-state index < -0.39 is 0 Å². The highest BCUT2D eigenvalue weighted by Crippen LogP contribution is 2.18. The summed E-state index contributed by atoms with van der Waals surface area (Å²) < 4.78 is 0. The van der Waals surface area contributed by atoms with Crippen molar-refractivity contribution in [2.24, 2.45) is 11.7 Å². The van der Waals surface area contributed by atoms with E-state index in [0.717, 1.165) is 30.8 Å². The lowest BCUT2D eigenvalue weighted by molar-refractivity contribution is 0.589. The van der Waals surface area contributed by atoms with Crippen molar-refractivity contribution in [3.8, 4) is 0 Å². The SMILES string of the molecule is C=C(Nc1ccc(C)cc1)[C@@H](C)CCCN. The normalized spacial score (nSPS) is 12.2. The van der Waals surface area contributed by atoms with E-state index in [1.807, 2.05) is 0 Å². The topological polar surface area (TPSA) is 38.0 Å². The fourth-order valence-corrected chi connectivity index (χ4v) is 1.54. The lowest BCUT2D eigenvalue weighted by Crippen LogP contribution is -2.10. The van der Waals surface area contributed by atoms with Gasteiger partial charge in [-0.15, -0.1) is 0 Å². The molecule has 88 valence electrons. The van der Waals surface area contributed by atoms with Crippen LogP contribution < -0.4 is 11.1 Å². The maximum atomic E-state index is 5.50. The van der Waals surface area contributed by atoms with Gasteiger partial charge in [0.25, 0.3) is 0 Å². The van der Waals surface area contributed by atoms with Gasteiger partial charge in [-0.3, -0.25) is 0 Å². The third-order valence-corrected chi connectivity index (χ3v) is 2.79. The van der Waals surface area contributed by atoms with E-state index >= 15 is 0 Å². The maximum Gasteiger partial charge on any atom is 0.0381 e. The summed E-state index contributed by atoms with van der Waals surface area (Å²) in [7, 11) is 0. The smallest absolute Gasteiger partial charge is 0.0381 e. The van der Waals surface area contributed by atoms with E-state index in [-0.39, 0.29) is 0 Å². The first kappa shape index (κ1) is 12.8. The predicted molar refractivity (Wildman–Crippen MR) is 71.4 cm³/mol. The Labute approximate surface area is 98.6 Å². The van der Waals surface area contributed by atoms with Crippen LogP contribution in [0.25, 0.3) is 0 Å². The van der Waals surface area contributed by atoms with Crippen molar-refractivity contribution in [3.63, 3.8) is 0 Å². The first-order valence-electron chi connectivity index (χ1n) is 5.86. The number of hydrogen-bond acceptors (Lipinski definition) is 2. The van der Waals surface area contributed by atoms with E-state index in [4.69, 9.17) is 5.73 Å². The minimum Gasteiger partial charge on any atom is -0.359 e. The molecule has 0 aliphatic heterocycles. The standard InChI is InChI=1S/C14H22N2/c1-11-6-8-14(9-7-11)16-13(3)12(2)5-4-10-15/h6-9,12,16H,3-5,10,15H2,1-2H3/t12-/m0/s1. The van der Waals surface area contributed by atoms with Gasteiger partial charge in [-0.05, 0) is 44.4 Å². The van der Waals surface area contributed by atoms with Crippen LogP contribution in [-0.4, -0.2) is 6.54 Å². The molecule has 0 spiro atoms.